The molecule has 1 atom stereocenters. The first-order valence-electron chi connectivity index (χ1n) is 10.4. The maximum Gasteiger partial charge on any atom is 0.433 e. The first kappa shape index (κ1) is 21.7. The van der Waals surface area contributed by atoms with Crippen LogP contribution in [0.5, 0.6) is 0 Å². The molecule has 0 radical (unpaired) electrons. The zero-order valence-electron chi connectivity index (χ0n) is 17.8. The zero-order valence-corrected chi connectivity index (χ0v) is 17.8. The van der Waals surface area contributed by atoms with E-state index >= 15 is 0 Å². The number of hydrogen-bond donors (Lipinski definition) is 1. The summed E-state index contributed by atoms with van der Waals surface area (Å²) in [5, 5.41) is 10.4. The van der Waals surface area contributed by atoms with Crippen molar-refractivity contribution in [1.29, 1.82) is 0 Å². The number of fused-ring (bicyclic) bond motifs is 1. The number of benzene rings is 1. The molecule has 9 nitrogen and oxygen atoms in total. The van der Waals surface area contributed by atoms with Crippen LogP contribution in [0.4, 0.5) is 13.2 Å². The summed E-state index contributed by atoms with van der Waals surface area (Å²) < 4.78 is 40.1. The van der Waals surface area contributed by atoms with Gasteiger partial charge in [0.2, 0.25) is 11.8 Å². The minimum Gasteiger partial charge on any atom is -0.322 e. The van der Waals surface area contributed by atoms with Gasteiger partial charge in [0, 0.05) is 24.1 Å². The Kier molecular flexibility index (Phi) is 4.95. The third-order valence-corrected chi connectivity index (χ3v) is 5.95. The molecule has 0 spiro atoms. The second-order valence-corrected chi connectivity index (χ2v) is 8.08. The van der Waals surface area contributed by atoms with E-state index in [2.05, 4.69) is 20.6 Å². The van der Waals surface area contributed by atoms with Crippen molar-refractivity contribution < 1.29 is 27.6 Å². The van der Waals surface area contributed by atoms with E-state index in [1.165, 1.54) is 22.6 Å². The molecule has 2 aromatic heterocycles. The molecule has 1 N–H and O–H groups in total. The van der Waals surface area contributed by atoms with Crippen LogP contribution in [0.3, 0.4) is 0 Å². The van der Waals surface area contributed by atoms with Gasteiger partial charge in [-0.15, -0.1) is 5.10 Å². The standard InChI is InChI=1S/C22H17F3N6O3/c1-11-16(5-7-18(26-11)22(23,24)25)31-10-15(28-29-31)12-3-2-4-13-14(12)9-30(21(13)34)17-6-8-19(32)27-20(17)33/h2-5,7,10,17H,6,8-9H2,1H3,(H,27,32,33). The Morgan fingerprint density at radius 2 is 1.85 bits per heavy atom. The van der Waals surface area contributed by atoms with Gasteiger partial charge in [0.1, 0.15) is 17.4 Å². The second-order valence-electron chi connectivity index (χ2n) is 8.08. The van der Waals surface area contributed by atoms with Crippen LogP contribution in [0.2, 0.25) is 0 Å². The minimum absolute atomic E-state index is 0.128. The number of imide groups is 1. The van der Waals surface area contributed by atoms with Crippen molar-refractivity contribution in [2.75, 3.05) is 0 Å². The van der Waals surface area contributed by atoms with Gasteiger partial charge in [-0.1, -0.05) is 17.3 Å². The van der Waals surface area contributed by atoms with Gasteiger partial charge in [0.25, 0.3) is 5.91 Å². The largest absolute Gasteiger partial charge is 0.433 e. The molecule has 1 fully saturated rings. The maximum absolute atomic E-state index is 13.0. The van der Waals surface area contributed by atoms with Crippen LogP contribution in [0.15, 0.2) is 36.5 Å². The Balaban J connectivity index is 1.46. The first-order valence-corrected chi connectivity index (χ1v) is 10.4. The fraction of sp³-hybridized carbons (Fsp3) is 0.273. The number of nitrogens with zero attached hydrogens (tertiary/aromatic N) is 5. The predicted molar refractivity (Wildman–Crippen MR) is 110 cm³/mol. The number of piperidine rings is 1. The van der Waals surface area contributed by atoms with Gasteiger partial charge >= 0.3 is 6.18 Å². The lowest BCUT2D eigenvalue weighted by molar-refractivity contribution is -0.141. The van der Waals surface area contributed by atoms with Gasteiger partial charge in [-0.2, -0.15) is 13.2 Å². The SMILES string of the molecule is Cc1nc(C(F)(F)F)ccc1-n1cc(-c2cccc3c2CN(C2CCC(=O)NC2=O)C3=O)nn1. The van der Waals surface area contributed by atoms with Crippen molar-refractivity contribution in [1.82, 2.24) is 30.2 Å². The molecule has 4 heterocycles. The summed E-state index contributed by atoms with van der Waals surface area (Å²) in [5.41, 5.74) is 1.57. The number of amides is 3. The molecule has 3 amide bonds. The maximum atomic E-state index is 13.0. The Morgan fingerprint density at radius 1 is 1.09 bits per heavy atom. The molecule has 3 aromatic rings. The average Bonchev–Trinajstić information content (AvgIpc) is 3.38. The topological polar surface area (TPSA) is 110 Å². The number of aryl methyl sites for hydroxylation is 1. The molecule has 0 saturated carbocycles. The number of carbonyl (C=O) groups is 3. The van der Waals surface area contributed by atoms with Crippen LogP contribution >= 0.6 is 0 Å². The first-order chi connectivity index (χ1) is 16.1. The van der Waals surface area contributed by atoms with E-state index in [-0.39, 0.29) is 36.9 Å². The molecule has 0 bridgehead atoms. The molecule has 2 aliphatic rings. The monoisotopic (exact) mass is 470 g/mol. The molecule has 5 rings (SSSR count). The molecule has 34 heavy (non-hydrogen) atoms. The van der Waals surface area contributed by atoms with E-state index in [1.54, 1.807) is 24.4 Å². The summed E-state index contributed by atoms with van der Waals surface area (Å²) in [6, 6.07) is 6.49. The zero-order chi connectivity index (χ0) is 24.2. The van der Waals surface area contributed by atoms with Crippen LogP contribution in [0.1, 0.15) is 40.2 Å². The number of alkyl halides is 3. The van der Waals surface area contributed by atoms with Gasteiger partial charge in [-0.05, 0) is 37.1 Å². The third kappa shape index (κ3) is 3.60. The number of aromatic nitrogens is 4. The Hall–Kier alpha value is -4.09. The lowest BCUT2D eigenvalue weighted by atomic mass is 10.0. The highest BCUT2D eigenvalue weighted by Gasteiger charge is 2.40. The summed E-state index contributed by atoms with van der Waals surface area (Å²) in [6.07, 6.45) is -2.61. The highest BCUT2D eigenvalue weighted by atomic mass is 19.4. The number of rotatable bonds is 3. The van der Waals surface area contributed by atoms with E-state index in [9.17, 15) is 27.6 Å². The van der Waals surface area contributed by atoms with Crippen LogP contribution in [-0.4, -0.2) is 48.6 Å². The number of hydrogen-bond acceptors (Lipinski definition) is 6. The summed E-state index contributed by atoms with van der Waals surface area (Å²) in [4.78, 5) is 41.8. The molecule has 1 aromatic carbocycles. The Bertz CT molecular complexity index is 1350. The van der Waals surface area contributed by atoms with E-state index in [0.717, 1.165) is 6.07 Å². The molecule has 12 heteroatoms. The average molecular weight is 470 g/mol. The Morgan fingerprint density at radius 3 is 2.56 bits per heavy atom. The number of pyridine rings is 1. The lowest BCUT2D eigenvalue weighted by Crippen LogP contribution is -2.52. The molecule has 1 unspecified atom stereocenters. The van der Waals surface area contributed by atoms with E-state index in [4.69, 9.17) is 0 Å². The summed E-state index contributed by atoms with van der Waals surface area (Å²) in [7, 11) is 0. The van der Waals surface area contributed by atoms with Crippen LogP contribution in [0, 0.1) is 6.92 Å². The van der Waals surface area contributed by atoms with Crippen LogP contribution < -0.4 is 5.32 Å². The molecular formula is C22H17F3N6O3. The highest BCUT2D eigenvalue weighted by Crippen LogP contribution is 2.34. The highest BCUT2D eigenvalue weighted by molar-refractivity contribution is 6.06. The fourth-order valence-corrected chi connectivity index (χ4v) is 4.28. The van der Waals surface area contributed by atoms with Crippen LogP contribution in [0.25, 0.3) is 16.9 Å². The van der Waals surface area contributed by atoms with E-state index in [0.29, 0.717) is 28.1 Å². The smallest absolute Gasteiger partial charge is 0.322 e. The van der Waals surface area contributed by atoms with Crippen molar-refractivity contribution in [2.45, 2.75) is 38.5 Å². The van der Waals surface area contributed by atoms with Crippen molar-refractivity contribution in [3.63, 3.8) is 0 Å². The predicted octanol–water partition coefficient (Wildman–Crippen LogP) is 2.42. The second kappa shape index (κ2) is 7.75. The van der Waals surface area contributed by atoms with Gasteiger partial charge < -0.3 is 4.90 Å². The van der Waals surface area contributed by atoms with Gasteiger partial charge in [-0.25, -0.2) is 9.67 Å². The van der Waals surface area contributed by atoms with Crippen molar-refractivity contribution in [2.24, 2.45) is 0 Å². The number of nitrogens with one attached hydrogen (secondary N) is 1. The van der Waals surface area contributed by atoms with Gasteiger partial charge in [0.05, 0.1) is 17.6 Å². The lowest BCUT2D eigenvalue weighted by Gasteiger charge is -2.29. The van der Waals surface area contributed by atoms with Crippen molar-refractivity contribution in [3.05, 3.63) is 59.0 Å². The molecule has 2 aliphatic heterocycles. The molecule has 174 valence electrons. The van der Waals surface area contributed by atoms with Crippen molar-refractivity contribution >= 4 is 17.7 Å². The fourth-order valence-electron chi connectivity index (χ4n) is 4.28. The van der Waals surface area contributed by atoms with Crippen LogP contribution in [-0.2, 0) is 22.3 Å². The number of carbonyl (C=O) groups excluding carboxylic acids is 3. The summed E-state index contributed by atoms with van der Waals surface area (Å²) in [5.74, 6) is -1.19. The van der Waals surface area contributed by atoms with Gasteiger partial charge in [0.15, 0.2) is 0 Å². The summed E-state index contributed by atoms with van der Waals surface area (Å²) >= 11 is 0. The van der Waals surface area contributed by atoms with Gasteiger partial charge in [-0.3, -0.25) is 19.7 Å². The van der Waals surface area contributed by atoms with Crippen molar-refractivity contribution in [3.8, 4) is 16.9 Å². The Labute approximate surface area is 190 Å². The normalized spacial score (nSPS) is 18.3. The van der Waals surface area contributed by atoms with E-state index < -0.39 is 23.8 Å². The van der Waals surface area contributed by atoms with E-state index in [1.807, 2.05) is 0 Å². The minimum atomic E-state index is -4.55. The summed E-state index contributed by atoms with van der Waals surface area (Å²) in [6.45, 7) is 1.60. The third-order valence-electron chi connectivity index (χ3n) is 5.95. The number of halogens is 3. The quantitative estimate of drug-likeness (QED) is 0.589. The molecule has 1 saturated heterocycles. The molecule has 0 aliphatic carbocycles. The molecular weight excluding hydrogens is 453 g/mol.